The van der Waals surface area contributed by atoms with Crippen LogP contribution in [0.4, 0.5) is 11.6 Å². The van der Waals surface area contributed by atoms with E-state index in [0.717, 1.165) is 11.1 Å². The highest BCUT2D eigenvalue weighted by atomic mass is 16.5. The topological polar surface area (TPSA) is 94.0 Å². The lowest BCUT2D eigenvalue weighted by Gasteiger charge is -2.28. The maximum absolute atomic E-state index is 13.6. The monoisotopic (exact) mass is 452 g/mol. The van der Waals surface area contributed by atoms with Crippen LogP contribution in [0.15, 0.2) is 84.2 Å². The Labute approximate surface area is 197 Å². The van der Waals surface area contributed by atoms with Gasteiger partial charge >= 0.3 is 0 Å². The summed E-state index contributed by atoms with van der Waals surface area (Å²) in [5, 5.41) is 11.1. The van der Waals surface area contributed by atoms with Crippen LogP contribution < -0.4 is 15.4 Å². The van der Waals surface area contributed by atoms with E-state index < -0.39 is 6.04 Å². The van der Waals surface area contributed by atoms with Crippen molar-refractivity contribution in [1.82, 2.24) is 19.7 Å². The Morgan fingerprint density at radius 2 is 1.79 bits per heavy atom. The summed E-state index contributed by atoms with van der Waals surface area (Å²) < 4.78 is 7.14. The predicted molar refractivity (Wildman–Crippen MR) is 131 cm³/mol. The van der Waals surface area contributed by atoms with Crippen molar-refractivity contribution in [2.45, 2.75) is 19.9 Å². The van der Waals surface area contributed by atoms with Crippen molar-refractivity contribution in [3.8, 4) is 17.1 Å². The molecule has 170 valence electrons. The molecule has 1 aliphatic heterocycles. The lowest BCUT2D eigenvalue weighted by Crippen LogP contribution is -2.32. The quantitative estimate of drug-likeness (QED) is 0.460. The van der Waals surface area contributed by atoms with Crippen molar-refractivity contribution >= 4 is 17.5 Å². The highest BCUT2D eigenvalue weighted by Crippen LogP contribution is 2.37. The van der Waals surface area contributed by atoms with Gasteiger partial charge in [0, 0.05) is 17.5 Å². The smallest absolute Gasteiger partial charge is 0.256 e. The van der Waals surface area contributed by atoms with Crippen LogP contribution in [0, 0.1) is 6.92 Å². The lowest BCUT2D eigenvalue weighted by molar-refractivity contribution is -0.113. The minimum absolute atomic E-state index is 0.274. The van der Waals surface area contributed by atoms with Gasteiger partial charge in [-0.3, -0.25) is 9.78 Å². The number of benzene rings is 2. The maximum atomic E-state index is 13.6. The molecule has 3 heterocycles. The number of nitrogens with one attached hydrogen (secondary N) is 2. The first kappa shape index (κ1) is 21.4. The van der Waals surface area contributed by atoms with Crippen molar-refractivity contribution in [1.29, 1.82) is 0 Å². The van der Waals surface area contributed by atoms with Crippen LogP contribution in [0.1, 0.15) is 24.2 Å². The highest BCUT2D eigenvalue weighted by Gasteiger charge is 2.35. The van der Waals surface area contributed by atoms with Crippen molar-refractivity contribution in [3.63, 3.8) is 0 Å². The van der Waals surface area contributed by atoms with Gasteiger partial charge < -0.3 is 15.4 Å². The van der Waals surface area contributed by atoms with Gasteiger partial charge in [0.15, 0.2) is 5.82 Å². The van der Waals surface area contributed by atoms with Gasteiger partial charge in [0.05, 0.1) is 24.1 Å². The van der Waals surface area contributed by atoms with Crippen LogP contribution in [0.5, 0.6) is 5.75 Å². The molecule has 0 fully saturated rings. The van der Waals surface area contributed by atoms with Gasteiger partial charge in [-0.1, -0.05) is 42.5 Å². The van der Waals surface area contributed by atoms with Gasteiger partial charge in [-0.15, -0.1) is 5.10 Å². The fourth-order valence-corrected chi connectivity index (χ4v) is 4.13. The molecule has 1 amide bonds. The Morgan fingerprint density at radius 3 is 2.56 bits per heavy atom. The molecule has 34 heavy (non-hydrogen) atoms. The summed E-state index contributed by atoms with van der Waals surface area (Å²) in [6, 6.07) is 20.3. The predicted octanol–water partition coefficient (Wildman–Crippen LogP) is 4.58. The van der Waals surface area contributed by atoms with Crippen LogP contribution in [0.3, 0.4) is 0 Å². The first-order chi connectivity index (χ1) is 16.6. The van der Waals surface area contributed by atoms with Gasteiger partial charge in [0.25, 0.3) is 5.91 Å². The zero-order chi connectivity index (χ0) is 23.7. The normalized spacial score (nSPS) is 14.9. The zero-order valence-electron chi connectivity index (χ0n) is 19.1. The van der Waals surface area contributed by atoms with E-state index in [-0.39, 0.29) is 5.91 Å². The number of nitrogens with zero attached hydrogens (tertiary/aromatic N) is 4. The molecule has 2 aromatic carbocycles. The number of anilines is 2. The highest BCUT2D eigenvalue weighted by molar-refractivity contribution is 6.06. The zero-order valence-corrected chi connectivity index (χ0v) is 19.1. The molecule has 1 unspecified atom stereocenters. The van der Waals surface area contributed by atoms with Crippen LogP contribution in [0.25, 0.3) is 11.4 Å². The molecule has 0 radical (unpaired) electrons. The fourth-order valence-electron chi connectivity index (χ4n) is 4.13. The van der Waals surface area contributed by atoms with Gasteiger partial charge in [0.1, 0.15) is 11.8 Å². The van der Waals surface area contributed by atoms with Crippen molar-refractivity contribution in [2.75, 3.05) is 17.7 Å². The van der Waals surface area contributed by atoms with E-state index in [0.29, 0.717) is 40.2 Å². The van der Waals surface area contributed by atoms with E-state index in [9.17, 15) is 4.79 Å². The molecule has 0 bridgehead atoms. The molecule has 1 aliphatic rings. The Balaban J connectivity index is 1.60. The molecule has 8 heteroatoms. The lowest BCUT2D eigenvalue weighted by atomic mass is 9.98. The second-order valence-corrected chi connectivity index (χ2v) is 7.99. The van der Waals surface area contributed by atoms with Crippen molar-refractivity contribution in [3.05, 3.63) is 95.5 Å². The number of carbonyl (C=O) groups excluding carboxylic acids is 1. The molecule has 4 aromatic rings. The number of aryl methyl sites for hydroxylation is 1. The average molecular weight is 453 g/mol. The summed E-state index contributed by atoms with van der Waals surface area (Å²) in [5.41, 5.74) is 4.45. The fraction of sp³-hybridized carbons (Fsp3) is 0.154. The third kappa shape index (κ3) is 3.79. The number of rotatable bonds is 5. The summed E-state index contributed by atoms with van der Waals surface area (Å²) in [7, 11) is 1.57. The third-order valence-corrected chi connectivity index (χ3v) is 5.81. The van der Waals surface area contributed by atoms with E-state index in [1.807, 2.05) is 68.4 Å². The number of para-hydroxylation sites is 2. The van der Waals surface area contributed by atoms with Gasteiger partial charge in [0.2, 0.25) is 5.95 Å². The van der Waals surface area contributed by atoms with Gasteiger partial charge in [-0.25, -0.2) is 4.68 Å². The third-order valence-electron chi connectivity index (χ3n) is 5.81. The standard InChI is InChI=1S/C26H24N6O2/c1-16-10-4-5-11-18(16)24-30-26-28-17(2)22(23(32(26)31-24)20-13-8-9-15-27-20)25(33)29-19-12-6-7-14-21(19)34-3/h4-15,23H,1-3H3,(H,29,33)(H,28,30,31). The molecule has 0 spiro atoms. The van der Waals surface area contributed by atoms with E-state index in [4.69, 9.17) is 14.8 Å². The number of methoxy groups -OCH3 is 1. The van der Waals surface area contributed by atoms with E-state index in [1.54, 1.807) is 30.1 Å². The molecule has 2 N–H and O–H groups in total. The molecule has 8 nitrogen and oxygen atoms in total. The molecular weight excluding hydrogens is 428 g/mol. The van der Waals surface area contributed by atoms with E-state index >= 15 is 0 Å². The Hall–Kier alpha value is -4.46. The number of carbonyl (C=O) groups is 1. The number of amides is 1. The van der Waals surface area contributed by atoms with Crippen molar-refractivity contribution in [2.24, 2.45) is 0 Å². The molecular formula is C26H24N6O2. The molecule has 2 aromatic heterocycles. The second kappa shape index (κ2) is 8.82. The first-order valence-electron chi connectivity index (χ1n) is 10.9. The Bertz CT molecular complexity index is 1390. The second-order valence-electron chi connectivity index (χ2n) is 7.99. The van der Waals surface area contributed by atoms with Gasteiger partial charge in [-0.2, -0.15) is 4.98 Å². The Morgan fingerprint density at radius 1 is 1.03 bits per heavy atom. The van der Waals surface area contributed by atoms with Crippen LogP contribution in [-0.4, -0.2) is 32.8 Å². The number of hydrogen-bond donors (Lipinski definition) is 2. The van der Waals surface area contributed by atoms with Crippen molar-refractivity contribution < 1.29 is 9.53 Å². The molecule has 1 atom stereocenters. The average Bonchev–Trinajstić information content (AvgIpc) is 3.27. The number of ether oxygens (including phenoxy) is 1. The summed E-state index contributed by atoms with van der Waals surface area (Å²) in [6.45, 7) is 3.88. The minimum Gasteiger partial charge on any atom is -0.495 e. The summed E-state index contributed by atoms with van der Waals surface area (Å²) >= 11 is 0. The van der Waals surface area contributed by atoms with Crippen LogP contribution in [-0.2, 0) is 4.79 Å². The first-order valence-corrected chi connectivity index (χ1v) is 10.9. The largest absolute Gasteiger partial charge is 0.495 e. The van der Waals surface area contributed by atoms with Crippen LogP contribution >= 0.6 is 0 Å². The van der Waals surface area contributed by atoms with Crippen LogP contribution in [0.2, 0.25) is 0 Å². The SMILES string of the molecule is COc1ccccc1NC(=O)C1=C(C)Nc2nc(-c3ccccc3C)nn2C1c1ccccn1. The Kier molecular flexibility index (Phi) is 5.55. The van der Waals surface area contributed by atoms with E-state index in [1.165, 1.54) is 0 Å². The summed E-state index contributed by atoms with van der Waals surface area (Å²) in [5.74, 6) is 1.44. The van der Waals surface area contributed by atoms with E-state index in [2.05, 4.69) is 15.6 Å². The molecule has 5 rings (SSSR count). The minimum atomic E-state index is -0.558. The molecule has 0 aliphatic carbocycles. The maximum Gasteiger partial charge on any atom is 0.256 e. The molecule has 0 saturated carbocycles. The number of aromatic nitrogens is 4. The summed E-state index contributed by atoms with van der Waals surface area (Å²) in [6.07, 6.45) is 1.71. The number of fused-ring (bicyclic) bond motifs is 1. The summed E-state index contributed by atoms with van der Waals surface area (Å²) in [4.78, 5) is 22.9. The molecule has 0 saturated heterocycles. The number of hydrogen-bond acceptors (Lipinski definition) is 6. The number of pyridine rings is 1. The van der Waals surface area contributed by atoms with Gasteiger partial charge in [-0.05, 0) is 43.7 Å². The number of allylic oxidation sites excluding steroid dienone is 1.